The Morgan fingerprint density at radius 3 is 2.57 bits per heavy atom. The summed E-state index contributed by atoms with van der Waals surface area (Å²) in [5, 5.41) is 6.15. The van der Waals surface area contributed by atoms with Gasteiger partial charge in [0.1, 0.15) is 0 Å². The molecule has 3 nitrogen and oxygen atoms in total. The zero-order valence-electron chi connectivity index (χ0n) is 13.8. The SMILES string of the molecule is Cc1nc(CCNC(=O)CC(c2ccc(Br)cc2)C(C)C)cs1. The molecule has 23 heavy (non-hydrogen) atoms. The van der Waals surface area contributed by atoms with E-state index in [0.717, 1.165) is 21.6 Å². The van der Waals surface area contributed by atoms with Gasteiger partial charge in [0, 0.05) is 29.2 Å². The van der Waals surface area contributed by atoms with E-state index in [-0.39, 0.29) is 11.8 Å². The maximum absolute atomic E-state index is 12.3. The molecule has 1 N–H and O–H groups in total. The van der Waals surface area contributed by atoms with Crippen LogP contribution in [0.2, 0.25) is 0 Å². The van der Waals surface area contributed by atoms with Crippen molar-refractivity contribution < 1.29 is 4.79 Å². The van der Waals surface area contributed by atoms with E-state index in [0.29, 0.717) is 18.9 Å². The van der Waals surface area contributed by atoms with Gasteiger partial charge in [-0.3, -0.25) is 4.79 Å². The molecule has 2 rings (SSSR count). The number of halogens is 1. The van der Waals surface area contributed by atoms with Gasteiger partial charge in [0.25, 0.3) is 0 Å². The van der Waals surface area contributed by atoms with E-state index < -0.39 is 0 Å². The van der Waals surface area contributed by atoms with Gasteiger partial charge in [-0.2, -0.15) is 0 Å². The number of benzene rings is 1. The molecule has 1 unspecified atom stereocenters. The fourth-order valence-corrected chi connectivity index (χ4v) is 3.48. The summed E-state index contributed by atoms with van der Waals surface area (Å²) >= 11 is 5.10. The number of hydrogen-bond acceptors (Lipinski definition) is 3. The van der Waals surface area contributed by atoms with E-state index in [9.17, 15) is 4.79 Å². The van der Waals surface area contributed by atoms with Crippen molar-refractivity contribution in [3.8, 4) is 0 Å². The predicted molar refractivity (Wildman–Crippen MR) is 99.9 cm³/mol. The van der Waals surface area contributed by atoms with Crippen LogP contribution in [0.3, 0.4) is 0 Å². The van der Waals surface area contributed by atoms with Crippen LogP contribution in [-0.4, -0.2) is 17.4 Å². The molecule has 0 saturated carbocycles. The minimum Gasteiger partial charge on any atom is -0.356 e. The number of aromatic nitrogens is 1. The van der Waals surface area contributed by atoms with Gasteiger partial charge in [0.05, 0.1) is 10.7 Å². The molecule has 124 valence electrons. The zero-order valence-corrected chi connectivity index (χ0v) is 16.2. The molecular formula is C18H23BrN2OS. The minimum absolute atomic E-state index is 0.110. The summed E-state index contributed by atoms with van der Waals surface area (Å²) in [6.07, 6.45) is 1.32. The molecular weight excluding hydrogens is 372 g/mol. The monoisotopic (exact) mass is 394 g/mol. The first-order valence-electron chi connectivity index (χ1n) is 7.89. The maximum atomic E-state index is 12.3. The summed E-state index contributed by atoms with van der Waals surface area (Å²) in [5.41, 5.74) is 2.27. The minimum atomic E-state index is 0.110. The largest absolute Gasteiger partial charge is 0.356 e. The Hall–Kier alpha value is -1.20. The fourth-order valence-electron chi connectivity index (χ4n) is 2.57. The number of carbonyl (C=O) groups excluding carboxylic acids is 1. The van der Waals surface area contributed by atoms with E-state index in [4.69, 9.17) is 0 Å². The van der Waals surface area contributed by atoms with Crippen molar-refractivity contribution >= 4 is 33.2 Å². The summed E-state index contributed by atoms with van der Waals surface area (Å²) in [5.74, 6) is 0.770. The quantitative estimate of drug-likeness (QED) is 0.738. The van der Waals surface area contributed by atoms with Gasteiger partial charge in [-0.15, -0.1) is 11.3 Å². The molecule has 0 radical (unpaired) electrons. The Bertz CT molecular complexity index is 637. The number of nitrogens with one attached hydrogen (secondary N) is 1. The lowest BCUT2D eigenvalue weighted by Crippen LogP contribution is -2.28. The Kier molecular flexibility index (Phi) is 6.78. The average molecular weight is 395 g/mol. The smallest absolute Gasteiger partial charge is 0.220 e. The summed E-state index contributed by atoms with van der Waals surface area (Å²) in [7, 11) is 0. The van der Waals surface area contributed by atoms with Crippen LogP contribution in [0.5, 0.6) is 0 Å². The van der Waals surface area contributed by atoms with Gasteiger partial charge in [0.15, 0.2) is 0 Å². The molecule has 1 heterocycles. The van der Waals surface area contributed by atoms with Crippen molar-refractivity contribution in [3.63, 3.8) is 0 Å². The lowest BCUT2D eigenvalue weighted by molar-refractivity contribution is -0.121. The number of nitrogens with zero attached hydrogens (tertiary/aromatic N) is 1. The number of carbonyl (C=O) groups is 1. The summed E-state index contributed by atoms with van der Waals surface area (Å²) in [6, 6.07) is 8.26. The molecule has 5 heteroatoms. The topological polar surface area (TPSA) is 42.0 Å². The van der Waals surface area contributed by atoms with Crippen LogP contribution in [0.15, 0.2) is 34.1 Å². The van der Waals surface area contributed by atoms with Crippen LogP contribution >= 0.6 is 27.3 Å². The summed E-state index contributed by atoms with van der Waals surface area (Å²) in [6.45, 7) is 6.97. The van der Waals surface area contributed by atoms with Gasteiger partial charge in [-0.1, -0.05) is 41.9 Å². The van der Waals surface area contributed by atoms with E-state index in [1.165, 1.54) is 5.56 Å². The number of aryl methyl sites for hydroxylation is 1. The van der Waals surface area contributed by atoms with Crippen LogP contribution in [0.4, 0.5) is 0 Å². The van der Waals surface area contributed by atoms with Crippen molar-refractivity contribution in [1.29, 1.82) is 0 Å². The highest BCUT2D eigenvalue weighted by atomic mass is 79.9. The molecule has 0 aliphatic rings. The molecule has 0 bridgehead atoms. The highest BCUT2D eigenvalue weighted by Gasteiger charge is 2.19. The molecule has 1 aromatic heterocycles. The maximum Gasteiger partial charge on any atom is 0.220 e. The molecule has 1 amide bonds. The van der Waals surface area contributed by atoms with Crippen molar-refractivity contribution in [1.82, 2.24) is 10.3 Å². The highest BCUT2D eigenvalue weighted by Crippen LogP contribution is 2.28. The Morgan fingerprint density at radius 2 is 2.00 bits per heavy atom. The Labute approximate surface area is 150 Å². The zero-order chi connectivity index (χ0) is 16.8. The predicted octanol–water partition coefficient (Wildman–Crippen LogP) is 4.70. The second-order valence-corrected chi connectivity index (χ2v) is 8.04. The van der Waals surface area contributed by atoms with Crippen LogP contribution in [-0.2, 0) is 11.2 Å². The van der Waals surface area contributed by atoms with Crippen molar-refractivity contribution in [2.75, 3.05) is 6.54 Å². The van der Waals surface area contributed by atoms with E-state index in [2.05, 4.69) is 57.6 Å². The van der Waals surface area contributed by atoms with Crippen molar-refractivity contribution in [3.05, 3.63) is 50.4 Å². The molecule has 0 fully saturated rings. The van der Waals surface area contributed by atoms with Gasteiger partial charge < -0.3 is 5.32 Å². The molecule has 0 saturated heterocycles. The first kappa shape index (κ1) is 18.1. The van der Waals surface area contributed by atoms with E-state index in [1.807, 2.05) is 19.1 Å². The highest BCUT2D eigenvalue weighted by molar-refractivity contribution is 9.10. The Morgan fingerprint density at radius 1 is 1.30 bits per heavy atom. The van der Waals surface area contributed by atoms with Crippen LogP contribution in [0, 0.1) is 12.8 Å². The molecule has 2 aromatic rings. The molecule has 1 atom stereocenters. The normalized spacial score (nSPS) is 12.4. The molecule has 1 aromatic carbocycles. The number of rotatable bonds is 7. The van der Waals surface area contributed by atoms with Crippen molar-refractivity contribution in [2.45, 2.75) is 39.5 Å². The molecule has 0 aliphatic heterocycles. The van der Waals surface area contributed by atoms with Gasteiger partial charge in [-0.25, -0.2) is 4.98 Å². The van der Waals surface area contributed by atoms with Crippen molar-refractivity contribution in [2.24, 2.45) is 5.92 Å². The van der Waals surface area contributed by atoms with E-state index >= 15 is 0 Å². The summed E-state index contributed by atoms with van der Waals surface area (Å²) < 4.78 is 1.06. The van der Waals surface area contributed by atoms with Crippen LogP contribution in [0.25, 0.3) is 0 Å². The number of thiazole rings is 1. The van der Waals surface area contributed by atoms with Gasteiger partial charge >= 0.3 is 0 Å². The van der Waals surface area contributed by atoms with Crippen LogP contribution in [0.1, 0.15) is 42.5 Å². The standard InChI is InChI=1S/C18H23BrN2OS/c1-12(2)17(14-4-6-15(19)7-5-14)10-18(22)20-9-8-16-11-23-13(3)21-16/h4-7,11-12,17H,8-10H2,1-3H3,(H,20,22). The van der Waals surface area contributed by atoms with Gasteiger partial charge in [0.2, 0.25) is 5.91 Å². The lowest BCUT2D eigenvalue weighted by Gasteiger charge is -2.21. The average Bonchev–Trinajstić information content (AvgIpc) is 2.91. The lowest BCUT2D eigenvalue weighted by atomic mass is 9.85. The third-order valence-electron chi connectivity index (χ3n) is 3.88. The first-order chi connectivity index (χ1) is 11.0. The first-order valence-corrected chi connectivity index (χ1v) is 9.56. The summed E-state index contributed by atoms with van der Waals surface area (Å²) in [4.78, 5) is 16.7. The molecule has 0 aliphatic carbocycles. The number of hydrogen-bond donors (Lipinski definition) is 1. The van der Waals surface area contributed by atoms with E-state index in [1.54, 1.807) is 11.3 Å². The third-order valence-corrected chi connectivity index (χ3v) is 5.23. The third kappa shape index (κ3) is 5.74. The second-order valence-electron chi connectivity index (χ2n) is 6.06. The van der Waals surface area contributed by atoms with Gasteiger partial charge in [-0.05, 0) is 36.5 Å². The van der Waals surface area contributed by atoms with Crippen LogP contribution < -0.4 is 5.32 Å². The number of amides is 1. The molecule has 0 spiro atoms. The fraction of sp³-hybridized carbons (Fsp3) is 0.444. The Balaban J connectivity index is 1.86. The second kappa shape index (κ2) is 8.60.